The van der Waals surface area contributed by atoms with Crippen molar-refractivity contribution in [2.45, 2.75) is 57.5 Å². The summed E-state index contributed by atoms with van der Waals surface area (Å²) in [6.07, 6.45) is 4.62. The number of benzene rings is 3. The fraction of sp³-hybridized carbons (Fsp3) is 0.375. The van der Waals surface area contributed by atoms with Gasteiger partial charge < -0.3 is 4.74 Å². The summed E-state index contributed by atoms with van der Waals surface area (Å²) in [7, 11) is 0. The Morgan fingerprint density at radius 1 is 0.692 bits per heavy atom. The standard InChI is InChI=1S/C32H30F6O/c1-18(33)31(37)22-8-4-19(5-9-22)23-10-12-26(27(34)14-23)21-6-2-20(3-7-21)24-11-13-30(39-17-24)25-15-28(35)32(38)29(36)16-25/h4-5,8-10,12,14-16,20-21,24,30H,2-3,6-7,11,13,17H2,1H3. The zero-order valence-corrected chi connectivity index (χ0v) is 21.6. The third-order valence-corrected chi connectivity index (χ3v) is 8.34. The second-order valence-corrected chi connectivity index (χ2v) is 10.7. The predicted octanol–water partition coefficient (Wildman–Crippen LogP) is 9.98. The van der Waals surface area contributed by atoms with Crippen molar-refractivity contribution < 1.29 is 31.1 Å². The summed E-state index contributed by atoms with van der Waals surface area (Å²) in [5.41, 5.74) is 2.55. The SMILES string of the molecule is CC(F)=C(F)c1ccc(-c2ccc(C3CCC(C4CCC(c5cc(F)c(F)c(F)c5)OC4)CC3)c(F)c2)cc1. The Hall–Kier alpha value is -3.06. The Bertz CT molecular complexity index is 1320. The number of hydrogen-bond acceptors (Lipinski definition) is 1. The molecule has 7 heteroatoms. The summed E-state index contributed by atoms with van der Waals surface area (Å²) in [4.78, 5) is 0. The molecule has 0 amide bonds. The van der Waals surface area contributed by atoms with E-state index in [0.717, 1.165) is 56.7 Å². The largest absolute Gasteiger partial charge is 0.373 e. The maximum atomic E-state index is 15.2. The molecular weight excluding hydrogens is 514 g/mol. The van der Waals surface area contributed by atoms with E-state index in [2.05, 4.69) is 0 Å². The molecule has 1 saturated heterocycles. The van der Waals surface area contributed by atoms with Crippen molar-refractivity contribution >= 4 is 5.83 Å². The van der Waals surface area contributed by atoms with Gasteiger partial charge in [0.1, 0.15) is 11.6 Å². The first-order valence-electron chi connectivity index (χ1n) is 13.4. The summed E-state index contributed by atoms with van der Waals surface area (Å²) in [5.74, 6) is -5.06. The van der Waals surface area contributed by atoms with Crippen molar-refractivity contribution in [3.63, 3.8) is 0 Å². The van der Waals surface area contributed by atoms with Gasteiger partial charge >= 0.3 is 0 Å². The third-order valence-electron chi connectivity index (χ3n) is 8.34. The van der Waals surface area contributed by atoms with Crippen LogP contribution < -0.4 is 0 Å². The molecule has 0 radical (unpaired) electrons. The lowest BCUT2D eigenvalue weighted by atomic mass is 9.72. The highest BCUT2D eigenvalue weighted by Gasteiger charge is 2.33. The molecule has 2 aliphatic rings. The maximum absolute atomic E-state index is 15.2. The smallest absolute Gasteiger partial charge is 0.194 e. The molecule has 0 bridgehead atoms. The fourth-order valence-corrected chi connectivity index (χ4v) is 6.11. The molecular formula is C32H30F6O. The molecule has 3 aromatic carbocycles. The van der Waals surface area contributed by atoms with Crippen LogP contribution in [0.25, 0.3) is 17.0 Å². The van der Waals surface area contributed by atoms with Gasteiger partial charge in [0.25, 0.3) is 0 Å². The van der Waals surface area contributed by atoms with E-state index in [1.165, 1.54) is 18.2 Å². The lowest BCUT2D eigenvalue weighted by Crippen LogP contribution is -2.29. The lowest BCUT2D eigenvalue weighted by Gasteiger charge is -2.38. The minimum absolute atomic E-state index is 0.117. The van der Waals surface area contributed by atoms with Crippen molar-refractivity contribution in [2.24, 2.45) is 11.8 Å². The van der Waals surface area contributed by atoms with Crippen LogP contribution in [0.4, 0.5) is 26.3 Å². The van der Waals surface area contributed by atoms with Gasteiger partial charge in [-0.25, -0.2) is 26.3 Å². The number of hydrogen-bond donors (Lipinski definition) is 0. The molecule has 0 N–H and O–H groups in total. The van der Waals surface area contributed by atoms with Gasteiger partial charge in [-0.2, -0.15) is 0 Å². The molecule has 206 valence electrons. The summed E-state index contributed by atoms with van der Waals surface area (Å²) in [6, 6.07) is 13.5. The first-order valence-corrected chi connectivity index (χ1v) is 13.4. The molecule has 1 heterocycles. The third kappa shape index (κ3) is 5.93. The van der Waals surface area contributed by atoms with Crippen LogP contribution in [0.2, 0.25) is 0 Å². The molecule has 1 aliphatic carbocycles. The number of ether oxygens (including phenoxy) is 1. The highest BCUT2D eigenvalue weighted by atomic mass is 19.2. The topological polar surface area (TPSA) is 9.23 Å². The Kier molecular flexibility index (Phi) is 8.17. The highest BCUT2D eigenvalue weighted by Crippen LogP contribution is 2.44. The van der Waals surface area contributed by atoms with Crippen LogP contribution in [0.5, 0.6) is 0 Å². The van der Waals surface area contributed by atoms with Gasteiger partial charge in [0, 0.05) is 5.56 Å². The van der Waals surface area contributed by atoms with E-state index in [-0.39, 0.29) is 17.3 Å². The molecule has 2 atom stereocenters. The molecule has 0 aromatic heterocycles. The average Bonchev–Trinajstić information content (AvgIpc) is 2.95. The highest BCUT2D eigenvalue weighted by molar-refractivity contribution is 5.68. The van der Waals surface area contributed by atoms with E-state index in [0.29, 0.717) is 41.6 Å². The quantitative estimate of drug-likeness (QED) is 0.229. The summed E-state index contributed by atoms with van der Waals surface area (Å²) >= 11 is 0. The van der Waals surface area contributed by atoms with Gasteiger partial charge in [-0.1, -0.05) is 36.4 Å². The lowest BCUT2D eigenvalue weighted by molar-refractivity contribution is -0.0394. The van der Waals surface area contributed by atoms with E-state index in [1.807, 2.05) is 12.1 Å². The van der Waals surface area contributed by atoms with Crippen LogP contribution in [0.1, 0.15) is 74.2 Å². The molecule has 5 rings (SSSR count). The molecule has 0 spiro atoms. The summed E-state index contributed by atoms with van der Waals surface area (Å²) in [6.45, 7) is 1.54. The zero-order valence-electron chi connectivity index (χ0n) is 21.6. The number of halogens is 6. The van der Waals surface area contributed by atoms with Crippen molar-refractivity contribution in [3.05, 3.63) is 100 Å². The van der Waals surface area contributed by atoms with Gasteiger partial charge in [0.05, 0.1) is 12.7 Å². The first-order chi connectivity index (χ1) is 18.7. The van der Waals surface area contributed by atoms with Crippen LogP contribution in [-0.2, 0) is 4.74 Å². The minimum atomic E-state index is -1.47. The van der Waals surface area contributed by atoms with Crippen LogP contribution in [0, 0.1) is 35.1 Å². The number of rotatable bonds is 5. The molecule has 3 aromatic rings. The van der Waals surface area contributed by atoms with Gasteiger partial charge in [-0.3, -0.25) is 0 Å². The van der Waals surface area contributed by atoms with E-state index in [1.54, 1.807) is 12.1 Å². The van der Waals surface area contributed by atoms with E-state index in [4.69, 9.17) is 4.74 Å². The van der Waals surface area contributed by atoms with Gasteiger partial charge in [0.15, 0.2) is 23.3 Å². The normalized spacial score (nSPS) is 24.4. The van der Waals surface area contributed by atoms with Crippen LogP contribution in [0.15, 0.2) is 60.4 Å². The van der Waals surface area contributed by atoms with Gasteiger partial charge in [-0.15, -0.1) is 0 Å². The summed E-state index contributed by atoms with van der Waals surface area (Å²) < 4.78 is 88.5. The van der Waals surface area contributed by atoms with E-state index < -0.39 is 35.2 Å². The maximum Gasteiger partial charge on any atom is 0.194 e. The Labute approximate surface area is 224 Å². The molecule has 2 fully saturated rings. The van der Waals surface area contributed by atoms with Crippen LogP contribution >= 0.6 is 0 Å². The van der Waals surface area contributed by atoms with Crippen molar-refractivity contribution in [3.8, 4) is 11.1 Å². The molecule has 2 unspecified atom stereocenters. The number of allylic oxidation sites excluding steroid dienone is 1. The zero-order chi connectivity index (χ0) is 27.7. The minimum Gasteiger partial charge on any atom is -0.373 e. The van der Waals surface area contributed by atoms with Crippen molar-refractivity contribution in [1.29, 1.82) is 0 Å². The Morgan fingerprint density at radius 3 is 1.87 bits per heavy atom. The van der Waals surface area contributed by atoms with Crippen molar-refractivity contribution in [1.82, 2.24) is 0 Å². The fourth-order valence-electron chi connectivity index (χ4n) is 6.11. The monoisotopic (exact) mass is 544 g/mol. The first kappa shape index (κ1) is 27.5. The van der Waals surface area contributed by atoms with E-state index >= 15 is 4.39 Å². The predicted molar refractivity (Wildman–Crippen MR) is 139 cm³/mol. The molecule has 1 aliphatic heterocycles. The Morgan fingerprint density at radius 2 is 1.31 bits per heavy atom. The van der Waals surface area contributed by atoms with Gasteiger partial charge in [0.2, 0.25) is 0 Å². The molecule has 1 saturated carbocycles. The summed E-state index contributed by atoms with van der Waals surface area (Å²) in [5, 5.41) is 0. The van der Waals surface area contributed by atoms with E-state index in [9.17, 15) is 22.0 Å². The Balaban J connectivity index is 1.16. The van der Waals surface area contributed by atoms with Crippen LogP contribution in [-0.4, -0.2) is 6.61 Å². The molecule has 1 nitrogen and oxygen atoms in total. The molecule has 39 heavy (non-hydrogen) atoms. The average molecular weight is 545 g/mol. The van der Waals surface area contributed by atoms with Crippen LogP contribution in [0.3, 0.4) is 0 Å². The van der Waals surface area contributed by atoms with Crippen molar-refractivity contribution in [2.75, 3.05) is 6.61 Å². The second kappa shape index (κ2) is 11.6. The van der Waals surface area contributed by atoms with Gasteiger partial charge in [-0.05, 0) is 104 Å². The second-order valence-electron chi connectivity index (χ2n) is 10.7.